The minimum atomic E-state index is -1.52. The molecule has 4 aromatic rings. The van der Waals surface area contributed by atoms with Crippen molar-refractivity contribution >= 4 is 29.8 Å². The number of nitrogens with two attached hydrogens (primary N) is 1. The highest BCUT2D eigenvalue weighted by Crippen LogP contribution is 2.23. The highest BCUT2D eigenvalue weighted by molar-refractivity contribution is 6.58. The Morgan fingerprint density at radius 2 is 1.97 bits per heavy atom. The smallest absolute Gasteiger partial charge is 0.423 e. The maximum absolute atomic E-state index is 11.7. The number of imidazole rings is 1. The van der Waals surface area contributed by atoms with Crippen LogP contribution in [-0.2, 0) is 6.54 Å². The van der Waals surface area contributed by atoms with Gasteiger partial charge in [-0.3, -0.25) is 9.20 Å². The van der Waals surface area contributed by atoms with Gasteiger partial charge in [0.1, 0.15) is 23.5 Å². The summed E-state index contributed by atoms with van der Waals surface area (Å²) < 4.78 is 1.61. The van der Waals surface area contributed by atoms with Crippen molar-refractivity contribution in [2.24, 2.45) is 5.73 Å². The summed E-state index contributed by atoms with van der Waals surface area (Å²) in [5.74, 6) is 0.466. The molecule has 0 saturated heterocycles. The molecule has 0 fully saturated rings. The lowest BCUT2D eigenvalue weighted by atomic mass is 9.80. The summed E-state index contributed by atoms with van der Waals surface area (Å²) in [5, 5.41) is 21.9. The van der Waals surface area contributed by atoms with E-state index in [-0.39, 0.29) is 0 Å². The van der Waals surface area contributed by atoms with Crippen molar-refractivity contribution in [3.63, 3.8) is 0 Å². The molecule has 9 nitrogen and oxygen atoms in total. The van der Waals surface area contributed by atoms with E-state index in [1.165, 1.54) is 6.33 Å². The highest BCUT2D eigenvalue weighted by atomic mass is 16.4. The van der Waals surface area contributed by atoms with Gasteiger partial charge in [-0.25, -0.2) is 15.0 Å². The number of amides is 1. The number of pyridine rings is 1. The molecule has 0 bridgehead atoms. The Kier molecular flexibility index (Phi) is 5.17. The summed E-state index contributed by atoms with van der Waals surface area (Å²) in [6.45, 7) is 2.29. The Morgan fingerprint density at radius 3 is 2.73 bits per heavy atom. The first-order valence-electron chi connectivity index (χ1n) is 9.23. The topological polar surface area (TPSA) is 139 Å². The standard InChI is InChI=1S/C20H19BN6O3/c1-12-8-17(23-10-13-4-2-5-14(9-13)21(29)30)26-20(25-12)18-15-6-3-7-16(19(22)28)27(15)11-24-18/h2-9,11,29-30H,10H2,1H3,(H2,22,28)(H,23,25,26). The lowest BCUT2D eigenvalue weighted by molar-refractivity contribution is 0.0994. The molecule has 150 valence electrons. The van der Waals surface area contributed by atoms with Crippen molar-refractivity contribution in [2.75, 3.05) is 5.32 Å². The molecule has 4 rings (SSSR count). The van der Waals surface area contributed by atoms with Gasteiger partial charge in [-0.1, -0.05) is 30.3 Å². The molecule has 0 radical (unpaired) electrons. The van der Waals surface area contributed by atoms with Crippen LogP contribution in [0.2, 0.25) is 0 Å². The monoisotopic (exact) mass is 402 g/mol. The van der Waals surface area contributed by atoms with Gasteiger partial charge in [-0.2, -0.15) is 0 Å². The number of carbonyl (C=O) groups excluding carboxylic acids is 1. The van der Waals surface area contributed by atoms with E-state index in [0.717, 1.165) is 11.3 Å². The van der Waals surface area contributed by atoms with Crippen LogP contribution in [0.1, 0.15) is 21.7 Å². The van der Waals surface area contributed by atoms with Crippen LogP contribution in [0.5, 0.6) is 0 Å². The molecule has 3 aromatic heterocycles. The van der Waals surface area contributed by atoms with Crippen LogP contribution >= 0.6 is 0 Å². The van der Waals surface area contributed by atoms with Crippen molar-refractivity contribution < 1.29 is 14.8 Å². The zero-order chi connectivity index (χ0) is 21.3. The number of anilines is 1. The summed E-state index contributed by atoms with van der Waals surface area (Å²) in [6.07, 6.45) is 1.52. The van der Waals surface area contributed by atoms with Crippen molar-refractivity contribution in [1.82, 2.24) is 19.4 Å². The third-order valence-electron chi connectivity index (χ3n) is 4.61. The number of aromatic nitrogens is 4. The van der Waals surface area contributed by atoms with Gasteiger partial charge < -0.3 is 21.1 Å². The highest BCUT2D eigenvalue weighted by Gasteiger charge is 2.15. The molecular weight excluding hydrogens is 383 g/mol. The van der Waals surface area contributed by atoms with Crippen LogP contribution in [0.15, 0.2) is 54.9 Å². The Morgan fingerprint density at radius 1 is 1.17 bits per heavy atom. The fourth-order valence-corrected chi connectivity index (χ4v) is 3.21. The molecule has 0 unspecified atom stereocenters. The van der Waals surface area contributed by atoms with Crippen LogP contribution in [0.4, 0.5) is 5.82 Å². The zero-order valence-corrected chi connectivity index (χ0v) is 16.1. The number of hydrogen-bond acceptors (Lipinski definition) is 7. The van der Waals surface area contributed by atoms with E-state index in [0.29, 0.717) is 40.6 Å². The second-order valence-corrected chi connectivity index (χ2v) is 6.81. The number of benzene rings is 1. The third kappa shape index (κ3) is 3.86. The van der Waals surface area contributed by atoms with Gasteiger partial charge in [0.15, 0.2) is 5.82 Å². The molecule has 0 aliphatic carbocycles. The summed E-state index contributed by atoms with van der Waals surface area (Å²) in [6, 6.07) is 14.0. The Bertz CT molecular complexity index is 1240. The molecule has 5 N–H and O–H groups in total. The average Bonchev–Trinajstić information content (AvgIpc) is 3.16. The number of primary amides is 1. The van der Waals surface area contributed by atoms with E-state index >= 15 is 0 Å². The van der Waals surface area contributed by atoms with Gasteiger partial charge in [0.25, 0.3) is 5.91 Å². The third-order valence-corrected chi connectivity index (χ3v) is 4.61. The first-order chi connectivity index (χ1) is 14.4. The number of nitrogens with one attached hydrogen (secondary N) is 1. The predicted molar refractivity (Wildman–Crippen MR) is 113 cm³/mol. The number of carbonyl (C=O) groups is 1. The van der Waals surface area contributed by atoms with Crippen LogP contribution in [0.25, 0.3) is 17.0 Å². The molecule has 0 aliphatic heterocycles. The number of aryl methyl sites for hydroxylation is 1. The lowest BCUT2D eigenvalue weighted by Gasteiger charge is -2.09. The zero-order valence-electron chi connectivity index (χ0n) is 16.1. The Balaban J connectivity index is 1.64. The average molecular weight is 402 g/mol. The molecule has 30 heavy (non-hydrogen) atoms. The fraction of sp³-hybridized carbons (Fsp3) is 0.100. The van der Waals surface area contributed by atoms with Crippen molar-refractivity contribution in [3.8, 4) is 11.5 Å². The van der Waals surface area contributed by atoms with Gasteiger partial charge >= 0.3 is 7.12 Å². The van der Waals surface area contributed by atoms with Crippen LogP contribution in [0, 0.1) is 6.92 Å². The van der Waals surface area contributed by atoms with Gasteiger partial charge in [-0.05, 0) is 30.1 Å². The molecule has 0 spiro atoms. The largest absolute Gasteiger partial charge is 0.488 e. The second kappa shape index (κ2) is 7.93. The number of hydrogen-bond donors (Lipinski definition) is 4. The van der Waals surface area contributed by atoms with Gasteiger partial charge in [-0.15, -0.1) is 0 Å². The molecule has 1 amide bonds. The van der Waals surface area contributed by atoms with Crippen molar-refractivity contribution in [2.45, 2.75) is 13.5 Å². The molecule has 10 heteroatoms. The quantitative estimate of drug-likeness (QED) is 0.344. The van der Waals surface area contributed by atoms with E-state index < -0.39 is 13.0 Å². The number of nitrogens with zero attached hydrogens (tertiary/aromatic N) is 4. The van der Waals surface area contributed by atoms with E-state index in [1.54, 1.807) is 40.8 Å². The normalized spacial score (nSPS) is 10.9. The number of fused-ring (bicyclic) bond motifs is 1. The van der Waals surface area contributed by atoms with Gasteiger partial charge in [0, 0.05) is 18.3 Å². The first kappa shape index (κ1) is 19.6. The second-order valence-electron chi connectivity index (χ2n) is 6.81. The fourth-order valence-electron chi connectivity index (χ4n) is 3.21. The molecule has 0 atom stereocenters. The molecule has 3 heterocycles. The summed E-state index contributed by atoms with van der Waals surface area (Å²) in [4.78, 5) is 25.1. The SMILES string of the molecule is Cc1cc(NCc2cccc(B(O)O)c2)nc(-c2ncn3c(C(N)=O)cccc23)n1. The molecule has 0 aliphatic rings. The first-order valence-corrected chi connectivity index (χ1v) is 9.23. The van der Waals surface area contributed by atoms with E-state index in [4.69, 9.17) is 5.73 Å². The van der Waals surface area contributed by atoms with E-state index in [2.05, 4.69) is 20.3 Å². The maximum Gasteiger partial charge on any atom is 0.488 e. The summed E-state index contributed by atoms with van der Waals surface area (Å²) in [5.41, 5.74) is 9.01. The summed E-state index contributed by atoms with van der Waals surface area (Å²) in [7, 11) is -1.52. The van der Waals surface area contributed by atoms with Gasteiger partial charge in [0.05, 0.1) is 5.52 Å². The Hall–Kier alpha value is -3.76. The van der Waals surface area contributed by atoms with E-state index in [9.17, 15) is 14.8 Å². The minimum absolute atomic E-state index is 0.322. The summed E-state index contributed by atoms with van der Waals surface area (Å²) >= 11 is 0. The lowest BCUT2D eigenvalue weighted by Crippen LogP contribution is -2.30. The van der Waals surface area contributed by atoms with Gasteiger partial charge in [0.2, 0.25) is 0 Å². The molecule has 0 saturated carbocycles. The molecule has 1 aromatic carbocycles. The predicted octanol–water partition coefficient (Wildman–Crippen LogP) is 0.491. The number of rotatable bonds is 6. The van der Waals surface area contributed by atoms with Crippen molar-refractivity contribution in [1.29, 1.82) is 0 Å². The van der Waals surface area contributed by atoms with Crippen LogP contribution in [-0.4, -0.2) is 42.4 Å². The Labute approximate surface area is 172 Å². The van der Waals surface area contributed by atoms with E-state index in [1.807, 2.05) is 19.1 Å². The molecular formula is C20H19BN6O3. The maximum atomic E-state index is 11.7. The van der Waals surface area contributed by atoms with Crippen LogP contribution < -0.4 is 16.5 Å². The van der Waals surface area contributed by atoms with Crippen molar-refractivity contribution in [3.05, 3.63) is 71.8 Å². The van der Waals surface area contributed by atoms with Crippen LogP contribution in [0.3, 0.4) is 0 Å². The minimum Gasteiger partial charge on any atom is -0.423 e.